The van der Waals surface area contributed by atoms with Crippen LogP contribution < -0.4 is 5.63 Å². The maximum absolute atomic E-state index is 11.1. The van der Waals surface area contributed by atoms with Gasteiger partial charge in [-0.05, 0) is 30.0 Å². The lowest BCUT2D eigenvalue weighted by Crippen LogP contribution is -1.97. The average Bonchev–Trinajstić information content (AvgIpc) is 2.30. The quantitative estimate of drug-likeness (QED) is 0.732. The molecule has 0 unspecified atom stereocenters. The van der Waals surface area contributed by atoms with Crippen LogP contribution >= 0.6 is 0 Å². The molecule has 17 heavy (non-hydrogen) atoms. The molecule has 1 aromatic heterocycles. The summed E-state index contributed by atoms with van der Waals surface area (Å²) >= 11 is 0. The molecule has 0 amide bonds. The number of rotatable bonds is 2. The topological polar surface area (TPSA) is 30.2 Å². The van der Waals surface area contributed by atoms with Gasteiger partial charge >= 0.3 is 5.63 Å². The maximum Gasteiger partial charge on any atom is 0.336 e. The molecular formula is C15H20O2. The Labute approximate surface area is 102 Å². The van der Waals surface area contributed by atoms with Crippen molar-refractivity contribution in [3.05, 3.63) is 46.3 Å². The van der Waals surface area contributed by atoms with Gasteiger partial charge in [0.1, 0.15) is 5.58 Å². The highest BCUT2D eigenvalue weighted by molar-refractivity contribution is 5.76. The van der Waals surface area contributed by atoms with Gasteiger partial charge in [-0.25, -0.2) is 4.79 Å². The van der Waals surface area contributed by atoms with Crippen LogP contribution in [0.5, 0.6) is 0 Å². The third kappa shape index (κ3) is 3.74. The van der Waals surface area contributed by atoms with Crippen molar-refractivity contribution in [2.75, 3.05) is 0 Å². The van der Waals surface area contributed by atoms with Crippen LogP contribution in [0.1, 0.15) is 33.3 Å². The molecule has 0 bridgehead atoms. The molecule has 2 aromatic rings. The smallest absolute Gasteiger partial charge is 0.336 e. The van der Waals surface area contributed by atoms with E-state index in [2.05, 4.69) is 19.9 Å². The second-order valence-corrected chi connectivity index (χ2v) is 4.22. The molecule has 0 fully saturated rings. The molecule has 0 N–H and O–H groups in total. The highest BCUT2D eigenvalue weighted by Crippen LogP contribution is 2.16. The first-order valence-corrected chi connectivity index (χ1v) is 6.18. The lowest BCUT2D eigenvalue weighted by atomic mass is 10.0. The Morgan fingerprint density at radius 2 is 1.76 bits per heavy atom. The van der Waals surface area contributed by atoms with E-state index >= 15 is 0 Å². The molecule has 2 nitrogen and oxygen atoms in total. The highest BCUT2D eigenvalue weighted by atomic mass is 16.4. The van der Waals surface area contributed by atoms with Crippen molar-refractivity contribution < 1.29 is 4.42 Å². The molecule has 1 aromatic carbocycles. The molecule has 0 aliphatic heterocycles. The molecule has 0 saturated carbocycles. The van der Waals surface area contributed by atoms with Crippen molar-refractivity contribution in [2.24, 2.45) is 5.92 Å². The first-order chi connectivity index (χ1) is 8.15. The fourth-order valence-electron chi connectivity index (χ4n) is 1.70. The van der Waals surface area contributed by atoms with Crippen LogP contribution in [0.15, 0.2) is 39.5 Å². The van der Waals surface area contributed by atoms with Crippen molar-refractivity contribution in [3.63, 3.8) is 0 Å². The van der Waals surface area contributed by atoms with Gasteiger partial charge in [-0.1, -0.05) is 39.8 Å². The Morgan fingerprint density at radius 3 is 2.41 bits per heavy atom. The van der Waals surface area contributed by atoms with Gasteiger partial charge in [0.15, 0.2) is 0 Å². The van der Waals surface area contributed by atoms with Crippen LogP contribution in [0.3, 0.4) is 0 Å². The van der Waals surface area contributed by atoms with Crippen LogP contribution in [0, 0.1) is 5.92 Å². The first kappa shape index (κ1) is 13.5. The van der Waals surface area contributed by atoms with E-state index in [1.165, 1.54) is 11.6 Å². The summed E-state index contributed by atoms with van der Waals surface area (Å²) in [6.45, 7) is 8.34. The van der Waals surface area contributed by atoms with Gasteiger partial charge in [-0.15, -0.1) is 0 Å². The average molecular weight is 232 g/mol. The van der Waals surface area contributed by atoms with Gasteiger partial charge in [0, 0.05) is 11.5 Å². The maximum atomic E-state index is 11.1. The predicted octanol–water partition coefficient (Wildman–Crippen LogP) is 4.02. The van der Waals surface area contributed by atoms with Crippen molar-refractivity contribution in [2.45, 2.75) is 34.1 Å². The summed E-state index contributed by atoms with van der Waals surface area (Å²) in [6.07, 6.45) is 1.01. The Balaban J connectivity index is 0.000000686. The fourth-order valence-corrected chi connectivity index (χ4v) is 1.70. The monoisotopic (exact) mass is 232 g/mol. The molecule has 0 aliphatic carbocycles. The summed E-state index contributed by atoms with van der Waals surface area (Å²) in [4.78, 5) is 11.1. The summed E-state index contributed by atoms with van der Waals surface area (Å²) in [6, 6.07) is 9.28. The van der Waals surface area contributed by atoms with E-state index in [4.69, 9.17) is 4.42 Å². The summed E-state index contributed by atoms with van der Waals surface area (Å²) in [7, 11) is 0. The Kier molecular flexibility index (Phi) is 4.95. The number of hydrogen-bond acceptors (Lipinski definition) is 2. The van der Waals surface area contributed by atoms with Crippen LogP contribution in [-0.4, -0.2) is 0 Å². The lowest BCUT2D eigenvalue weighted by Gasteiger charge is -2.05. The molecule has 0 spiro atoms. The van der Waals surface area contributed by atoms with Crippen LogP contribution in [-0.2, 0) is 6.42 Å². The van der Waals surface area contributed by atoms with E-state index in [1.807, 2.05) is 26.0 Å². The van der Waals surface area contributed by atoms with E-state index in [0.717, 1.165) is 11.8 Å². The van der Waals surface area contributed by atoms with Crippen molar-refractivity contribution >= 4 is 11.0 Å². The first-order valence-electron chi connectivity index (χ1n) is 6.18. The van der Waals surface area contributed by atoms with Gasteiger partial charge in [0.2, 0.25) is 0 Å². The van der Waals surface area contributed by atoms with Crippen LogP contribution in [0.25, 0.3) is 11.0 Å². The molecule has 0 saturated heterocycles. The molecule has 0 aliphatic rings. The molecule has 2 rings (SSSR count). The Bertz CT molecular complexity index is 524. The Morgan fingerprint density at radius 1 is 1.12 bits per heavy atom. The van der Waals surface area contributed by atoms with Gasteiger partial charge in [-0.3, -0.25) is 0 Å². The summed E-state index contributed by atoms with van der Waals surface area (Å²) in [5.41, 5.74) is 1.61. The zero-order valence-corrected chi connectivity index (χ0v) is 11.0. The number of hydrogen-bond donors (Lipinski definition) is 0. The summed E-state index contributed by atoms with van der Waals surface area (Å²) < 4.78 is 5.13. The largest absolute Gasteiger partial charge is 0.423 e. The zero-order valence-electron chi connectivity index (χ0n) is 11.0. The third-order valence-electron chi connectivity index (χ3n) is 2.33. The lowest BCUT2D eigenvalue weighted by molar-refractivity contribution is 0.559. The zero-order chi connectivity index (χ0) is 12.8. The third-order valence-corrected chi connectivity index (χ3v) is 2.33. The molecule has 92 valence electrons. The summed E-state index contributed by atoms with van der Waals surface area (Å²) in [5.74, 6) is 0.609. The fraction of sp³-hybridized carbons (Fsp3) is 0.400. The molecular weight excluding hydrogens is 212 g/mol. The summed E-state index contributed by atoms with van der Waals surface area (Å²) in [5, 5.41) is 0.974. The minimum absolute atomic E-state index is 0.288. The normalized spacial score (nSPS) is 10.2. The second kappa shape index (κ2) is 6.24. The second-order valence-electron chi connectivity index (χ2n) is 4.22. The predicted molar refractivity (Wildman–Crippen MR) is 72.4 cm³/mol. The van der Waals surface area contributed by atoms with Crippen molar-refractivity contribution in [1.82, 2.24) is 0 Å². The van der Waals surface area contributed by atoms with E-state index in [0.29, 0.717) is 11.5 Å². The Hall–Kier alpha value is -1.57. The van der Waals surface area contributed by atoms with E-state index < -0.39 is 0 Å². The van der Waals surface area contributed by atoms with Gasteiger partial charge in [0.05, 0.1) is 0 Å². The number of benzene rings is 1. The number of fused-ring (bicyclic) bond motifs is 1. The minimum Gasteiger partial charge on any atom is -0.423 e. The SMILES string of the molecule is CC.CC(C)Cc1ccc2ccc(=O)oc2c1. The van der Waals surface area contributed by atoms with E-state index in [-0.39, 0.29) is 5.63 Å². The van der Waals surface area contributed by atoms with Crippen LogP contribution in [0.4, 0.5) is 0 Å². The molecule has 0 atom stereocenters. The van der Waals surface area contributed by atoms with Gasteiger partial charge in [0.25, 0.3) is 0 Å². The molecule has 0 radical (unpaired) electrons. The molecule has 2 heteroatoms. The highest BCUT2D eigenvalue weighted by Gasteiger charge is 2.01. The molecule has 1 heterocycles. The minimum atomic E-state index is -0.288. The van der Waals surface area contributed by atoms with Crippen molar-refractivity contribution in [1.29, 1.82) is 0 Å². The van der Waals surface area contributed by atoms with E-state index in [9.17, 15) is 4.79 Å². The van der Waals surface area contributed by atoms with Gasteiger partial charge < -0.3 is 4.42 Å². The van der Waals surface area contributed by atoms with Crippen molar-refractivity contribution in [3.8, 4) is 0 Å². The van der Waals surface area contributed by atoms with E-state index in [1.54, 1.807) is 6.07 Å². The van der Waals surface area contributed by atoms with Gasteiger partial charge in [-0.2, -0.15) is 0 Å². The standard InChI is InChI=1S/C13H14O2.C2H6/c1-9(2)7-10-3-4-11-5-6-13(14)15-12(11)8-10;1-2/h3-6,8-9H,7H2,1-2H3;1-2H3. The van der Waals surface area contributed by atoms with Crippen LogP contribution in [0.2, 0.25) is 0 Å².